The van der Waals surface area contributed by atoms with Crippen molar-refractivity contribution < 1.29 is 4.74 Å². The first-order valence-corrected chi connectivity index (χ1v) is 6.96. The maximum atomic E-state index is 5.82. The molecule has 0 aliphatic rings. The van der Waals surface area contributed by atoms with E-state index in [1.54, 1.807) is 6.33 Å². The smallest absolute Gasteiger partial charge is 0.143 e. The molecule has 0 atom stereocenters. The van der Waals surface area contributed by atoms with E-state index < -0.39 is 0 Å². The average Bonchev–Trinajstić information content (AvgIpc) is 2.49. The highest BCUT2D eigenvalue weighted by Crippen LogP contribution is 2.29. The maximum absolute atomic E-state index is 5.82. The summed E-state index contributed by atoms with van der Waals surface area (Å²) in [6, 6.07) is 15.8. The molecule has 4 nitrogen and oxygen atoms in total. The van der Waals surface area contributed by atoms with Crippen molar-refractivity contribution in [3.63, 3.8) is 0 Å². The van der Waals surface area contributed by atoms with Crippen LogP contribution in [0.2, 0.25) is 0 Å². The molecule has 1 N–H and O–H groups in total. The van der Waals surface area contributed by atoms with Gasteiger partial charge in [0.1, 0.15) is 17.9 Å². The number of hydrogen-bond acceptors (Lipinski definition) is 4. The van der Waals surface area contributed by atoms with Crippen molar-refractivity contribution in [1.82, 2.24) is 9.97 Å². The lowest BCUT2D eigenvalue weighted by Gasteiger charge is -2.15. The molecular formula is C17H17N3O. The molecule has 2 aromatic carbocycles. The number of rotatable bonds is 4. The van der Waals surface area contributed by atoms with E-state index in [0.29, 0.717) is 0 Å². The van der Waals surface area contributed by atoms with Crippen LogP contribution in [0.5, 0.6) is 5.75 Å². The van der Waals surface area contributed by atoms with Gasteiger partial charge < -0.3 is 10.1 Å². The number of anilines is 2. The third-order valence-electron chi connectivity index (χ3n) is 3.05. The molecule has 0 saturated heterocycles. The largest absolute Gasteiger partial charge is 0.489 e. The van der Waals surface area contributed by atoms with E-state index in [4.69, 9.17) is 4.74 Å². The molecule has 0 spiro atoms. The minimum Gasteiger partial charge on any atom is -0.489 e. The van der Waals surface area contributed by atoms with Crippen LogP contribution in [0, 0.1) is 0 Å². The number of ether oxygens (including phenoxy) is 1. The van der Waals surface area contributed by atoms with E-state index >= 15 is 0 Å². The Balaban J connectivity index is 1.99. The Bertz CT molecular complexity index is 750. The molecule has 0 aliphatic carbocycles. The van der Waals surface area contributed by atoms with Crippen LogP contribution in [-0.4, -0.2) is 16.1 Å². The summed E-state index contributed by atoms with van der Waals surface area (Å²) in [5.74, 6) is 1.59. The second-order valence-corrected chi connectivity index (χ2v) is 5.03. The fourth-order valence-corrected chi connectivity index (χ4v) is 2.16. The van der Waals surface area contributed by atoms with Crippen LogP contribution in [-0.2, 0) is 0 Å². The number of aromatic nitrogens is 2. The first-order valence-electron chi connectivity index (χ1n) is 6.96. The Hall–Kier alpha value is -2.62. The van der Waals surface area contributed by atoms with Gasteiger partial charge in [-0.05, 0) is 38.1 Å². The number of para-hydroxylation sites is 3. The minimum atomic E-state index is 0.120. The highest BCUT2D eigenvalue weighted by Gasteiger charge is 2.08. The summed E-state index contributed by atoms with van der Waals surface area (Å²) in [6.07, 6.45) is 1.69. The van der Waals surface area contributed by atoms with Gasteiger partial charge in [-0.3, -0.25) is 0 Å². The van der Waals surface area contributed by atoms with Crippen molar-refractivity contribution in [2.45, 2.75) is 20.0 Å². The van der Waals surface area contributed by atoms with Gasteiger partial charge in [-0.2, -0.15) is 0 Å². The zero-order chi connectivity index (χ0) is 14.7. The zero-order valence-electron chi connectivity index (χ0n) is 12.1. The molecule has 3 aromatic rings. The number of nitrogens with one attached hydrogen (secondary N) is 1. The molecule has 0 saturated carbocycles. The van der Waals surface area contributed by atoms with E-state index in [-0.39, 0.29) is 6.10 Å². The van der Waals surface area contributed by atoms with Crippen molar-refractivity contribution in [3.8, 4) is 5.75 Å². The van der Waals surface area contributed by atoms with Gasteiger partial charge >= 0.3 is 0 Å². The van der Waals surface area contributed by atoms with E-state index in [1.807, 2.05) is 62.4 Å². The van der Waals surface area contributed by atoms with Crippen LogP contribution in [0.1, 0.15) is 13.8 Å². The molecule has 106 valence electrons. The monoisotopic (exact) mass is 279 g/mol. The number of fused-ring (bicyclic) bond motifs is 1. The fourth-order valence-electron chi connectivity index (χ4n) is 2.16. The lowest BCUT2D eigenvalue weighted by atomic mass is 10.2. The Morgan fingerprint density at radius 1 is 0.952 bits per heavy atom. The van der Waals surface area contributed by atoms with Gasteiger partial charge in [0.05, 0.1) is 17.3 Å². The minimum absolute atomic E-state index is 0.120. The molecule has 1 aromatic heterocycles. The zero-order valence-corrected chi connectivity index (χ0v) is 12.1. The van der Waals surface area contributed by atoms with Crippen LogP contribution in [0.3, 0.4) is 0 Å². The number of hydrogen-bond donors (Lipinski definition) is 1. The Labute approximate surface area is 123 Å². The summed E-state index contributed by atoms with van der Waals surface area (Å²) in [5, 5.41) is 4.33. The van der Waals surface area contributed by atoms with Gasteiger partial charge in [0.25, 0.3) is 0 Å². The SMILES string of the molecule is CC(C)Oc1ccccc1Nc1ncnc2ccccc12. The lowest BCUT2D eigenvalue weighted by Crippen LogP contribution is -2.07. The van der Waals surface area contributed by atoms with Gasteiger partial charge in [-0.15, -0.1) is 0 Å². The molecule has 0 unspecified atom stereocenters. The second kappa shape index (κ2) is 5.79. The number of nitrogens with zero attached hydrogens (tertiary/aromatic N) is 2. The predicted octanol–water partition coefficient (Wildman–Crippen LogP) is 4.16. The molecule has 0 fully saturated rings. The van der Waals surface area contributed by atoms with Crippen LogP contribution in [0.15, 0.2) is 54.9 Å². The van der Waals surface area contributed by atoms with Crippen molar-refractivity contribution in [2.75, 3.05) is 5.32 Å². The Morgan fingerprint density at radius 2 is 1.71 bits per heavy atom. The van der Waals surface area contributed by atoms with Gasteiger partial charge in [0, 0.05) is 5.39 Å². The molecular weight excluding hydrogens is 262 g/mol. The third-order valence-corrected chi connectivity index (χ3v) is 3.05. The topological polar surface area (TPSA) is 47.0 Å². The van der Waals surface area contributed by atoms with E-state index in [9.17, 15) is 0 Å². The van der Waals surface area contributed by atoms with Gasteiger partial charge in [-0.25, -0.2) is 9.97 Å². The molecule has 0 aliphatic heterocycles. The standard InChI is InChI=1S/C17H17N3O/c1-12(2)21-16-10-6-5-9-15(16)20-17-13-7-3-4-8-14(13)18-11-19-17/h3-12H,1-2H3,(H,18,19,20). The normalized spacial score (nSPS) is 10.8. The van der Waals surface area contributed by atoms with Crippen molar-refractivity contribution in [1.29, 1.82) is 0 Å². The summed E-state index contributed by atoms with van der Waals surface area (Å²) in [6.45, 7) is 4.02. The van der Waals surface area contributed by atoms with Crippen molar-refractivity contribution >= 4 is 22.4 Å². The lowest BCUT2D eigenvalue weighted by molar-refractivity contribution is 0.244. The van der Waals surface area contributed by atoms with Gasteiger partial charge in [0.2, 0.25) is 0 Å². The molecule has 0 amide bonds. The Morgan fingerprint density at radius 3 is 2.57 bits per heavy atom. The van der Waals surface area contributed by atoms with Crippen molar-refractivity contribution in [3.05, 3.63) is 54.9 Å². The molecule has 3 rings (SSSR count). The summed E-state index contributed by atoms with van der Waals surface area (Å²) in [4.78, 5) is 8.62. The van der Waals surface area contributed by atoms with E-state index in [0.717, 1.165) is 28.2 Å². The summed E-state index contributed by atoms with van der Waals surface area (Å²) in [7, 11) is 0. The predicted molar refractivity (Wildman–Crippen MR) is 85.0 cm³/mol. The van der Waals surface area contributed by atoms with Gasteiger partial charge in [0.15, 0.2) is 0 Å². The second-order valence-electron chi connectivity index (χ2n) is 5.03. The Kier molecular flexibility index (Phi) is 3.69. The fraction of sp³-hybridized carbons (Fsp3) is 0.176. The molecule has 4 heteroatoms. The average molecular weight is 279 g/mol. The first-order chi connectivity index (χ1) is 10.2. The molecule has 1 heterocycles. The molecule has 0 bridgehead atoms. The highest BCUT2D eigenvalue weighted by atomic mass is 16.5. The van der Waals surface area contributed by atoms with Crippen LogP contribution < -0.4 is 10.1 Å². The van der Waals surface area contributed by atoms with Crippen LogP contribution >= 0.6 is 0 Å². The summed E-state index contributed by atoms with van der Waals surface area (Å²) < 4.78 is 5.82. The highest BCUT2D eigenvalue weighted by molar-refractivity contribution is 5.90. The van der Waals surface area contributed by atoms with Crippen LogP contribution in [0.25, 0.3) is 10.9 Å². The molecule has 0 radical (unpaired) electrons. The molecule has 21 heavy (non-hydrogen) atoms. The summed E-state index contributed by atoms with van der Waals surface area (Å²) >= 11 is 0. The quantitative estimate of drug-likeness (QED) is 0.779. The maximum Gasteiger partial charge on any atom is 0.143 e. The van der Waals surface area contributed by atoms with E-state index in [1.165, 1.54) is 0 Å². The van der Waals surface area contributed by atoms with E-state index in [2.05, 4.69) is 15.3 Å². The third kappa shape index (κ3) is 2.94. The first kappa shape index (κ1) is 13.4. The summed E-state index contributed by atoms with van der Waals surface area (Å²) in [5.41, 5.74) is 1.81. The number of benzene rings is 2. The van der Waals surface area contributed by atoms with Gasteiger partial charge in [-0.1, -0.05) is 24.3 Å². The van der Waals surface area contributed by atoms with Crippen molar-refractivity contribution in [2.24, 2.45) is 0 Å². The van der Waals surface area contributed by atoms with Crippen LogP contribution in [0.4, 0.5) is 11.5 Å².